The van der Waals surface area contributed by atoms with Crippen LogP contribution in [0.25, 0.3) is 0 Å². The van der Waals surface area contributed by atoms with Crippen molar-refractivity contribution in [1.29, 1.82) is 0 Å². The maximum Gasteiger partial charge on any atom is -0.0351 e. The molecular weight excluding hydrogens is 168 g/mol. The second-order valence-electron chi connectivity index (χ2n) is 2.89. The van der Waals surface area contributed by atoms with Gasteiger partial charge in [-0.05, 0) is 39.5 Å². The molecule has 0 aromatic carbocycles. The summed E-state index contributed by atoms with van der Waals surface area (Å²) < 4.78 is 0. The molecule has 0 saturated heterocycles. The molecule has 0 aliphatic heterocycles. The molecule has 0 nitrogen and oxygen atoms in total. The smallest absolute Gasteiger partial charge is 0.0351 e. The minimum atomic E-state index is 1.32. The molecule has 0 heterocycles. The van der Waals surface area contributed by atoms with Crippen molar-refractivity contribution < 1.29 is 0 Å². The van der Waals surface area contributed by atoms with E-state index in [0.717, 1.165) is 0 Å². The van der Waals surface area contributed by atoms with Crippen LogP contribution in [0.2, 0.25) is 0 Å². The fourth-order valence-corrected chi connectivity index (χ4v) is 0.760. The fraction of sp³-hybridized carbons (Fsp3) is 0.429. The Hall–Kier alpha value is -1.04. The van der Waals surface area contributed by atoms with Gasteiger partial charge in [-0.3, -0.25) is 0 Å². The van der Waals surface area contributed by atoms with Gasteiger partial charge in [0, 0.05) is 0 Å². The Balaban J connectivity index is 0. The van der Waals surface area contributed by atoms with Crippen LogP contribution in [0.4, 0.5) is 0 Å². The molecule has 0 unspecified atom stereocenters. The molecule has 0 N–H and O–H groups in total. The molecule has 0 atom stereocenters. The van der Waals surface area contributed by atoms with E-state index in [2.05, 4.69) is 25.3 Å². The van der Waals surface area contributed by atoms with Gasteiger partial charge in [0.05, 0.1) is 0 Å². The highest BCUT2D eigenvalue weighted by Gasteiger charge is 1.87. The molecule has 0 spiro atoms. The van der Waals surface area contributed by atoms with E-state index in [1.165, 1.54) is 25.7 Å². The summed E-state index contributed by atoms with van der Waals surface area (Å²) in [5, 5.41) is 0. The lowest BCUT2D eigenvalue weighted by molar-refractivity contribution is 0.730. The SMILES string of the molecule is C/C=C\C.C1=CCCCC1.C=CC=C. The number of allylic oxidation sites excluding steroid dienone is 6. The summed E-state index contributed by atoms with van der Waals surface area (Å²) in [6.07, 6.45) is 17.3. The van der Waals surface area contributed by atoms with E-state index < -0.39 is 0 Å². The van der Waals surface area contributed by atoms with Crippen LogP contribution < -0.4 is 0 Å². The first-order valence-corrected chi connectivity index (χ1v) is 5.29. The molecule has 0 amide bonds. The molecule has 1 aliphatic carbocycles. The predicted octanol–water partition coefficient (Wildman–Crippen LogP) is 5.06. The van der Waals surface area contributed by atoms with Crippen LogP contribution in [-0.2, 0) is 0 Å². The van der Waals surface area contributed by atoms with Crippen molar-refractivity contribution >= 4 is 0 Å². The average molecular weight is 192 g/mol. The van der Waals surface area contributed by atoms with E-state index in [-0.39, 0.29) is 0 Å². The van der Waals surface area contributed by atoms with Crippen molar-refractivity contribution in [1.82, 2.24) is 0 Å². The summed E-state index contributed by atoms with van der Waals surface area (Å²) in [6, 6.07) is 0. The van der Waals surface area contributed by atoms with Crippen molar-refractivity contribution in [3.05, 3.63) is 49.6 Å². The Labute approximate surface area is 89.7 Å². The van der Waals surface area contributed by atoms with Crippen molar-refractivity contribution in [2.75, 3.05) is 0 Å². The lowest BCUT2D eigenvalue weighted by atomic mass is 10.1. The Morgan fingerprint density at radius 1 is 0.857 bits per heavy atom. The van der Waals surface area contributed by atoms with Crippen molar-refractivity contribution in [2.45, 2.75) is 39.5 Å². The molecule has 0 fully saturated rings. The summed E-state index contributed by atoms with van der Waals surface area (Å²) in [7, 11) is 0. The molecule has 0 radical (unpaired) electrons. The quantitative estimate of drug-likeness (QED) is 0.402. The van der Waals surface area contributed by atoms with Gasteiger partial charge in [-0.15, -0.1) is 0 Å². The van der Waals surface area contributed by atoms with Crippen LogP contribution in [0.1, 0.15) is 39.5 Å². The normalized spacial score (nSPS) is 13.3. The summed E-state index contributed by atoms with van der Waals surface area (Å²) in [6.45, 7) is 10.7. The van der Waals surface area contributed by atoms with Gasteiger partial charge in [0.15, 0.2) is 0 Å². The third-order valence-corrected chi connectivity index (χ3v) is 1.66. The van der Waals surface area contributed by atoms with Gasteiger partial charge < -0.3 is 0 Å². The molecule has 0 bridgehead atoms. The second kappa shape index (κ2) is 17.9. The molecule has 0 aromatic heterocycles. The summed E-state index contributed by atoms with van der Waals surface area (Å²) in [5.41, 5.74) is 0. The fourth-order valence-electron chi connectivity index (χ4n) is 0.760. The zero-order valence-electron chi connectivity index (χ0n) is 9.71. The molecule has 80 valence electrons. The molecule has 0 aromatic rings. The van der Waals surface area contributed by atoms with E-state index in [0.29, 0.717) is 0 Å². The highest BCUT2D eigenvalue weighted by molar-refractivity contribution is 4.88. The van der Waals surface area contributed by atoms with Crippen molar-refractivity contribution in [3.8, 4) is 0 Å². The summed E-state index contributed by atoms with van der Waals surface area (Å²) in [4.78, 5) is 0. The van der Waals surface area contributed by atoms with Crippen LogP contribution in [0.5, 0.6) is 0 Å². The third kappa shape index (κ3) is 22.4. The number of rotatable bonds is 1. The molecule has 1 rings (SSSR count). The monoisotopic (exact) mass is 192 g/mol. The zero-order valence-corrected chi connectivity index (χ0v) is 9.71. The second-order valence-corrected chi connectivity index (χ2v) is 2.89. The van der Waals surface area contributed by atoms with Crippen LogP contribution in [0, 0.1) is 0 Å². The predicted molar refractivity (Wildman–Crippen MR) is 68.5 cm³/mol. The zero-order chi connectivity index (χ0) is 11.1. The first kappa shape index (κ1) is 15.4. The maximum absolute atomic E-state index is 3.36. The minimum Gasteiger partial charge on any atom is -0.0991 e. The molecule has 0 saturated carbocycles. The Morgan fingerprint density at radius 3 is 1.29 bits per heavy atom. The first-order chi connectivity index (χ1) is 6.83. The van der Waals surface area contributed by atoms with Gasteiger partial charge in [0.1, 0.15) is 0 Å². The molecule has 1 aliphatic rings. The van der Waals surface area contributed by atoms with E-state index >= 15 is 0 Å². The van der Waals surface area contributed by atoms with E-state index in [9.17, 15) is 0 Å². The Kier molecular flexibility index (Phi) is 19.7. The maximum atomic E-state index is 3.36. The van der Waals surface area contributed by atoms with Gasteiger partial charge in [-0.2, -0.15) is 0 Å². The van der Waals surface area contributed by atoms with Crippen molar-refractivity contribution in [2.24, 2.45) is 0 Å². The first-order valence-electron chi connectivity index (χ1n) is 5.29. The van der Waals surface area contributed by atoms with Gasteiger partial charge in [0.2, 0.25) is 0 Å². The topological polar surface area (TPSA) is 0 Å². The standard InChI is InChI=1S/C6H10.C4H8.C4H6/c1-2-4-6-5-3-1;2*1-3-4-2/h1-2H,3-6H2;3-4H,1-2H3;3-4H,1-2H2/b;4-3-;. The lowest BCUT2D eigenvalue weighted by Gasteiger charge is -1.97. The van der Waals surface area contributed by atoms with Gasteiger partial charge in [-0.25, -0.2) is 0 Å². The number of hydrogen-bond donors (Lipinski definition) is 0. The van der Waals surface area contributed by atoms with Crippen LogP contribution in [0.3, 0.4) is 0 Å². The number of hydrogen-bond acceptors (Lipinski definition) is 0. The largest absolute Gasteiger partial charge is 0.0991 e. The Morgan fingerprint density at radius 2 is 1.21 bits per heavy atom. The summed E-state index contributed by atoms with van der Waals surface area (Å²) >= 11 is 0. The molecular formula is C14H24. The van der Waals surface area contributed by atoms with Crippen LogP contribution in [0.15, 0.2) is 49.6 Å². The highest BCUT2D eigenvalue weighted by Crippen LogP contribution is 2.07. The van der Waals surface area contributed by atoms with Crippen LogP contribution >= 0.6 is 0 Å². The van der Waals surface area contributed by atoms with E-state index in [1.807, 2.05) is 26.0 Å². The van der Waals surface area contributed by atoms with Gasteiger partial charge in [0.25, 0.3) is 0 Å². The third-order valence-electron chi connectivity index (χ3n) is 1.66. The Bertz CT molecular complexity index is 143. The molecule has 14 heavy (non-hydrogen) atoms. The van der Waals surface area contributed by atoms with Crippen molar-refractivity contribution in [3.63, 3.8) is 0 Å². The van der Waals surface area contributed by atoms with E-state index in [4.69, 9.17) is 0 Å². The van der Waals surface area contributed by atoms with Gasteiger partial charge in [-0.1, -0.05) is 49.6 Å². The summed E-state index contributed by atoms with van der Waals surface area (Å²) in [5.74, 6) is 0. The highest BCUT2D eigenvalue weighted by atomic mass is 13.9. The minimum absolute atomic E-state index is 1.32. The van der Waals surface area contributed by atoms with E-state index in [1.54, 1.807) is 12.2 Å². The molecule has 0 heteroatoms. The van der Waals surface area contributed by atoms with Gasteiger partial charge >= 0.3 is 0 Å². The average Bonchev–Trinajstić information content (AvgIpc) is 2.32. The van der Waals surface area contributed by atoms with Crippen LogP contribution in [-0.4, -0.2) is 0 Å². The lowest BCUT2D eigenvalue weighted by Crippen LogP contribution is -1.77.